The lowest BCUT2D eigenvalue weighted by Crippen LogP contribution is -2.16. The molecule has 1 aliphatic rings. The monoisotopic (exact) mass is 448 g/mol. The van der Waals surface area contributed by atoms with E-state index in [1.165, 1.54) is 11.1 Å². The van der Waals surface area contributed by atoms with Gasteiger partial charge in [-0.15, -0.1) is 0 Å². The van der Waals surface area contributed by atoms with Crippen molar-refractivity contribution in [1.82, 2.24) is 0 Å². The molecule has 33 heavy (non-hydrogen) atoms. The van der Waals surface area contributed by atoms with Crippen LogP contribution >= 0.6 is 7.14 Å². The fourth-order valence-electron chi connectivity index (χ4n) is 4.80. The van der Waals surface area contributed by atoms with Gasteiger partial charge >= 0.3 is 0 Å². The van der Waals surface area contributed by atoms with Crippen molar-refractivity contribution in [2.75, 3.05) is 0 Å². The number of benzene rings is 4. The summed E-state index contributed by atoms with van der Waals surface area (Å²) in [6.45, 7) is 6.70. The minimum absolute atomic E-state index is 0.0900. The fraction of sp³-hybridized carbons (Fsp3) is 0.161. The molecular formula is C31H29OP. The Kier molecular flexibility index (Phi) is 5.47. The van der Waals surface area contributed by atoms with Crippen LogP contribution in [0.4, 0.5) is 0 Å². The highest BCUT2D eigenvalue weighted by Gasteiger charge is 2.42. The molecule has 5 rings (SSSR count). The van der Waals surface area contributed by atoms with Crippen LogP contribution in [0, 0.1) is 0 Å². The quantitative estimate of drug-likeness (QED) is 0.299. The Balaban J connectivity index is 1.78. The fourth-order valence-corrected chi connectivity index (χ4v) is 8.06. The molecule has 0 aromatic heterocycles. The Bertz CT molecular complexity index is 1360. The van der Waals surface area contributed by atoms with Gasteiger partial charge in [0.25, 0.3) is 0 Å². The lowest BCUT2D eigenvalue weighted by Gasteiger charge is -2.20. The molecule has 4 aromatic rings. The highest BCUT2D eigenvalue weighted by Crippen LogP contribution is 2.62. The van der Waals surface area contributed by atoms with Crippen molar-refractivity contribution in [2.45, 2.75) is 32.6 Å². The molecule has 0 saturated carbocycles. The summed E-state index contributed by atoms with van der Waals surface area (Å²) in [5.74, 6) is 0. The third-order valence-corrected chi connectivity index (χ3v) is 9.79. The van der Waals surface area contributed by atoms with Gasteiger partial charge in [0, 0.05) is 22.3 Å². The number of allylic oxidation sites excluding steroid dienone is 1. The van der Waals surface area contributed by atoms with E-state index >= 15 is 4.57 Å². The van der Waals surface area contributed by atoms with E-state index in [2.05, 4.69) is 87.5 Å². The summed E-state index contributed by atoms with van der Waals surface area (Å²) >= 11 is 0. The molecule has 1 atom stereocenters. The van der Waals surface area contributed by atoms with Crippen LogP contribution in [-0.2, 0) is 16.4 Å². The molecule has 1 heterocycles. The maximum Gasteiger partial charge on any atom is 0.168 e. The maximum atomic E-state index is 15.1. The van der Waals surface area contributed by atoms with Gasteiger partial charge < -0.3 is 4.57 Å². The summed E-state index contributed by atoms with van der Waals surface area (Å²) in [6.07, 6.45) is 0.665. The molecule has 164 valence electrons. The molecule has 0 N–H and O–H groups in total. The lowest BCUT2D eigenvalue weighted by atomic mass is 9.85. The Labute approximate surface area is 197 Å². The van der Waals surface area contributed by atoms with Gasteiger partial charge in [-0.25, -0.2) is 0 Å². The molecule has 1 aliphatic heterocycles. The topological polar surface area (TPSA) is 17.1 Å². The van der Waals surface area contributed by atoms with Gasteiger partial charge in [-0.3, -0.25) is 0 Å². The van der Waals surface area contributed by atoms with Gasteiger partial charge in [0.05, 0.1) is 0 Å². The van der Waals surface area contributed by atoms with E-state index in [4.69, 9.17) is 0 Å². The number of hydrogen-bond donors (Lipinski definition) is 0. The van der Waals surface area contributed by atoms with E-state index in [0.717, 1.165) is 32.6 Å². The smallest absolute Gasteiger partial charge is 0.168 e. The normalized spacial score (nSPS) is 17.8. The third kappa shape index (κ3) is 3.81. The van der Waals surface area contributed by atoms with Crippen molar-refractivity contribution in [3.63, 3.8) is 0 Å². The zero-order valence-corrected chi connectivity index (χ0v) is 20.3. The molecule has 2 heteroatoms. The van der Waals surface area contributed by atoms with Crippen LogP contribution in [0.2, 0.25) is 0 Å². The molecule has 1 unspecified atom stereocenters. The van der Waals surface area contributed by atoms with Gasteiger partial charge in [0.1, 0.15) is 0 Å². The summed E-state index contributed by atoms with van der Waals surface area (Å²) in [7, 11) is -2.97. The summed E-state index contributed by atoms with van der Waals surface area (Å²) < 4.78 is 15.1. The van der Waals surface area contributed by atoms with Gasteiger partial charge in [-0.2, -0.15) is 0 Å². The molecule has 0 fully saturated rings. The van der Waals surface area contributed by atoms with Gasteiger partial charge in [-0.1, -0.05) is 130 Å². The lowest BCUT2D eigenvalue weighted by molar-refractivity contribution is 0.589. The van der Waals surface area contributed by atoms with Crippen molar-refractivity contribution in [1.29, 1.82) is 0 Å². The molecule has 0 bridgehead atoms. The molecular weight excluding hydrogens is 419 g/mol. The summed E-state index contributed by atoms with van der Waals surface area (Å²) in [6, 6.07) is 37.6. The standard InChI is InChI=1S/C31H29OP/c1-31(2,3)25-20-18-24(19-21-25)30-27-16-10-11-17-28(27)33(32,26-14-8-5-9-15-26)29(30)22-23-12-6-4-7-13-23/h4-21H,22H2,1-3H3. The van der Waals surface area contributed by atoms with Gasteiger partial charge in [0.15, 0.2) is 7.14 Å². The number of rotatable bonds is 4. The van der Waals surface area contributed by atoms with Crippen LogP contribution in [0.1, 0.15) is 43.0 Å². The molecule has 1 nitrogen and oxygen atoms in total. The van der Waals surface area contributed by atoms with E-state index in [0.29, 0.717) is 6.42 Å². The van der Waals surface area contributed by atoms with Crippen LogP contribution in [0.25, 0.3) is 5.57 Å². The van der Waals surface area contributed by atoms with E-state index in [1.54, 1.807) is 0 Å². The molecule has 0 amide bonds. The first-order valence-electron chi connectivity index (χ1n) is 11.5. The van der Waals surface area contributed by atoms with Crippen LogP contribution in [0.15, 0.2) is 115 Å². The van der Waals surface area contributed by atoms with Crippen molar-refractivity contribution < 1.29 is 4.57 Å². The second kappa shape index (κ2) is 8.32. The van der Waals surface area contributed by atoms with Crippen LogP contribution in [-0.4, -0.2) is 0 Å². The molecule has 0 saturated heterocycles. The first-order chi connectivity index (χ1) is 15.9. The minimum Gasteiger partial charge on any atom is -0.309 e. The maximum absolute atomic E-state index is 15.1. The molecule has 0 aliphatic carbocycles. The van der Waals surface area contributed by atoms with Gasteiger partial charge in [0.2, 0.25) is 0 Å². The summed E-state index contributed by atoms with van der Waals surface area (Å²) in [5.41, 5.74) is 5.93. The van der Waals surface area contributed by atoms with Crippen LogP contribution < -0.4 is 10.6 Å². The SMILES string of the molecule is CC(C)(C)c1ccc(C2=C(Cc3ccccc3)P(=O)(c3ccccc3)c3ccccc32)cc1. The van der Waals surface area contributed by atoms with Crippen molar-refractivity contribution in [2.24, 2.45) is 0 Å². The summed E-state index contributed by atoms with van der Waals surface area (Å²) in [4.78, 5) is 0. The van der Waals surface area contributed by atoms with E-state index < -0.39 is 7.14 Å². The Hall–Kier alpha value is -3.15. The summed E-state index contributed by atoms with van der Waals surface area (Å²) in [5, 5.41) is 2.89. The van der Waals surface area contributed by atoms with Crippen molar-refractivity contribution in [3.8, 4) is 0 Å². The second-order valence-electron chi connectivity index (χ2n) is 9.77. The predicted molar refractivity (Wildman–Crippen MR) is 141 cm³/mol. The molecule has 0 radical (unpaired) electrons. The van der Waals surface area contributed by atoms with Crippen LogP contribution in [0.5, 0.6) is 0 Å². The van der Waals surface area contributed by atoms with Crippen molar-refractivity contribution in [3.05, 3.63) is 137 Å². The minimum atomic E-state index is -2.97. The predicted octanol–water partition coefficient (Wildman–Crippen LogP) is 7.31. The molecule has 0 spiro atoms. The van der Waals surface area contributed by atoms with Gasteiger partial charge in [-0.05, 0) is 33.2 Å². The zero-order valence-electron chi connectivity index (χ0n) is 19.5. The Morgan fingerprint density at radius 3 is 1.88 bits per heavy atom. The Morgan fingerprint density at radius 2 is 1.24 bits per heavy atom. The van der Waals surface area contributed by atoms with E-state index in [9.17, 15) is 0 Å². The van der Waals surface area contributed by atoms with E-state index in [-0.39, 0.29) is 5.41 Å². The Morgan fingerprint density at radius 1 is 0.667 bits per heavy atom. The third-order valence-electron chi connectivity index (χ3n) is 6.56. The zero-order chi connectivity index (χ0) is 23.1. The highest BCUT2D eigenvalue weighted by molar-refractivity contribution is 7.83. The largest absolute Gasteiger partial charge is 0.309 e. The van der Waals surface area contributed by atoms with Crippen LogP contribution in [0.3, 0.4) is 0 Å². The highest BCUT2D eigenvalue weighted by atomic mass is 31.2. The molecule has 4 aromatic carbocycles. The second-order valence-corrected chi connectivity index (χ2v) is 12.5. The van der Waals surface area contributed by atoms with Crippen molar-refractivity contribution >= 4 is 23.3 Å². The van der Waals surface area contributed by atoms with E-state index in [1.807, 2.05) is 42.5 Å². The average molecular weight is 449 g/mol. The number of hydrogen-bond acceptors (Lipinski definition) is 1. The number of fused-ring (bicyclic) bond motifs is 1. The first-order valence-corrected chi connectivity index (χ1v) is 13.2. The average Bonchev–Trinajstić information content (AvgIpc) is 3.09. The first kappa shape index (κ1) is 21.7.